The third kappa shape index (κ3) is 3.93. The van der Waals surface area contributed by atoms with E-state index in [0.29, 0.717) is 6.04 Å². The summed E-state index contributed by atoms with van der Waals surface area (Å²) in [5.74, 6) is 0. The summed E-state index contributed by atoms with van der Waals surface area (Å²) >= 11 is 3.58. The van der Waals surface area contributed by atoms with Gasteiger partial charge in [0.2, 0.25) is 0 Å². The number of hydrogen-bond acceptors (Lipinski definition) is 1. The second-order valence-electron chi connectivity index (χ2n) is 5.46. The zero-order valence-electron chi connectivity index (χ0n) is 12.0. The molecule has 0 bridgehead atoms. The van der Waals surface area contributed by atoms with Gasteiger partial charge in [-0.2, -0.15) is 0 Å². The van der Waals surface area contributed by atoms with Gasteiger partial charge in [0.25, 0.3) is 0 Å². The first-order valence-electron chi connectivity index (χ1n) is 7.34. The molecule has 2 heteroatoms. The fourth-order valence-corrected chi connectivity index (χ4v) is 3.14. The molecule has 0 aromatic heterocycles. The molecule has 2 rings (SSSR count). The van der Waals surface area contributed by atoms with Crippen LogP contribution in [0.4, 0.5) is 0 Å². The van der Waals surface area contributed by atoms with Crippen molar-refractivity contribution in [2.24, 2.45) is 0 Å². The minimum atomic E-state index is 0.380. The van der Waals surface area contributed by atoms with Crippen molar-refractivity contribution in [3.05, 3.63) is 45.4 Å². The van der Waals surface area contributed by atoms with Gasteiger partial charge < -0.3 is 5.32 Å². The lowest BCUT2D eigenvalue weighted by Gasteiger charge is -2.23. The maximum Gasteiger partial charge on any atom is 0.0533 e. The maximum atomic E-state index is 3.58. The van der Waals surface area contributed by atoms with Crippen molar-refractivity contribution < 1.29 is 0 Å². The van der Waals surface area contributed by atoms with Gasteiger partial charge in [-0.15, -0.1) is 0 Å². The number of hydrogen-bond donors (Lipinski definition) is 1. The van der Waals surface area contributed by atoms with E-state index in [1.807, 2.05) is 0 Å². The smallest absolute Gasteiger partial charge is 0.0533 e. The van der Waals surface area contributed by atoms with E-state index in [1.165, 1.54) is 54.1 Å². The van der Waals surface area contributed by atoms with Gasteiger partial charge in [-0.3, -0.25) is 0 Å². The van der Waals surface area contributed by atoms with Crippen LogP contribution >= 0.6 is 15.9 Å². The molecular formula is C17H24BrN. The van der Waals surface area contributed by atoms with Gasteiger partial charge in [-0.1, -0.05) is 52.6 Å². The topological polar surface area (TPSA) is 12.0 Å². The minimum Gasteiger partial charge on any atom is -0.310 e. The summed E-state index contributed by atoms with van der Waals surface area (Å²) < 4.78 is 1.19. The van der Waals surface area contributed by atoms with E-state index < -0.39 is 0 Å². The molecule has 0 heterocycles. The fraction of sp³-hybridized carbons (Fsp3) is 0.529. The lowest BCUT2D eigenvalue weighted by molar-refractivity contribution is 0.573. The number of rotatable bonds is 3. The normalized spacial score (nSPS) is 21.1. The number of likely N-dealkylation sites (N-methyl/N-ethyl adjacent to an activating group) is 1. The summed E-state index contributed by atoms with van der Waals surface area (Å²) in [7, 11) is 2.07. The van der Waals surface area contributed by atoms with Crippen molar-refractivity contribution in [3.63, 3.8) is 0 Å². The van der Waals surface area contributed by atoms with Crippen LogP contribution in [0.2, 0.25) is 0 Å². The van der Waals surface area contributed by atoms with Crippen molar-refractivity contribution >= 4 is 15.9 Å². The molecule has 1 aromatic rings. The zero-order valence-corrected chi connectivity index (χ0v) is 13.6. The molecule has 0 fully saturated rings. The molecule has 1 aliphatic carbocycles. The predicted molar refractivity (Wildman–Crippen MR) is 86.5 cm³/mol. The highest BCUT2D eigenvalue weighted by Crippen LogP contribution is 2.30. The molecule has 1 aliphatic rings. The van der Waals surface area contributed by atoms with Gasteiger partial charge >= 0.3 is 0 Å². The molecule has 0 saturated carbocycles. The molecule has 1 aromatic carbocycles. The highest BCUT2D eigenvalue weighted by Gasteiger charge is 2.16. The molecule has 19 heavy (non-hydrogen) atoms. The number of halogens is 1. The van der Waals surface area contributed by atoms with Crippen LogP contribution in [0.15, 0.2) is 34.3 Å². The van der Waals surface area contributed by atoms with E-state index in [4.69, 9.17) is 0 Å². The van der Waals surface area contributed by atoms with E-state index >= 15 is 0 Å². The van der Waals surface area contributed by atoms with Crippen LogP contribution in [0.5, 0.6) is 0 Å². The van der Waals surface area contributed by atoms with Crippen LogP contribution in [-0.4, -0.2) is 7.05 Å². The molecular weight excluding hydrogens is 298 g/mol. The van der Waals surface area contributed by atoms with Gasteiger partial charge in [0, 0.05) is 4.47 Å². The molecule has 0 spiro atoms. The van der Waals surface area contributed by atoms with E-state index in [0.717, 1.165) is 0 Å². The SMILES string of the molecule is CNC(/C1=C/CCCCCC1)c1ccc(Br)c(C)c1. The van der Waals surface area contributed by atoms with Gasteiger partial charge in [0.15, 0.2) is 0 Å². The first kappa shape index (κ1) is 14.8. The molecule has 0 amide bonds. The molecule has 1 N–H and O–H groups in total. The second-order valence-corrected chi connectivity index (χ2v) is 6.32. The number of nitrogens with one attached hydrogen (secondary N) is 1. The van der Waals surface area contributed by atoms with E-state index in [-0.39, 0.29) is 0 Å². The quantitative estimate of drug-likeness (QED) is 0.745. The Morgan fingerprint density at radius 3 is 2.68 bits per heavy atom. The molecule has 1 atom stereocenters. The third-order valence-electron chi connectivity index (χ3n) is 4.00. The summed E-state index contributed by atoms with van der Waals surface area (Å²) in [5, 5.41) is 3.50. The maximum absolute atomic E-state index is 3.58. The molecule has 0 radical (unpaired) electrons. The molecule has 1 nitrogen and oxygen atoms in total. The van der Waals surface area contributed by atoms with Crippen LogP contribution < -0.4 is 5.32 Å². The van der Waals surface area contributed by atoms with Crippen LogP contribution in [0.25, 0.3) is 0 Å². The van der Waals surface area contributed by atoms with Crippen LogP contribution in [0, 0.1) is 6.92 Å². The fourth-order valence-electron chi connectivity index (χ4n) is 2.89. The lowest BCUT2D eigenvalue weighted by atomic mass is 9.90. The number of aryl methyl sites for hydroxylation is 1. The average Bonchev–Trinajstić information content (AvgIpc) is 2.36. The van der Waals surface area contributed by atoms with E-state index in [2.05, 4.69) is 59.5 Å². The van der Waals surface area contributed by atoms with Crippen molar-refractivity contribution in [2.45, 2.75) is 51.5 Å². The number of allylic oxidation sites excluding steroid dienone is 1. The third-order valence-corrected chi connectivity index (χ3v) is 4.89. The van der Waals surface area contributed by atoms with Gasteiger partial charge in [0.05, 0.1) is 6.04 Å². The Bertz CT molecular complexity index is 451. The molecule has 0 aliphatic heterocycles. The second kappa shape index (κ2) is 7.25. The van der Waals surface area contributed by atoms with Crippen LogP contribution in [-0.2, 0) is 0 Å². The summed E-state index contributed by atoms with van der Waals surface area (Å²) in [5.41, 5.74) is 4.27. The van der Waals surface area contributed by atoms with Gasteiger partial charge in [0.1, 0.15) is 0 Å². The summed E-state index contributed by atoms with van der Waals surface area (Å²) in [6.45, 7) is 2.16. The van der Waals surface area contributed by atoms with Crippen molar-refractivity contribution in [1.82, 2.24) is 5.32 Å². The summed E-state index contributed by atoms with van der Waals surface area (Å²) in [6.07, 6.45) is 10.4. The van der Waals surface area contributed by atoms with Crippen molar-refractivity contribution in [3.8, 4) is 0 Å². The van der Waals surface area contributed by atoms with Crippen LogP contribution in [0.3, 0.4) is 0 Å². The van der Waals surface area contributed by atoms with E-state index in [9.17, 15) is 0 Å². The molecule has 1 unspecified atom stereocenters. The molecule has 0 saturated heterocycles. The highest BCUT2D eigenvalue weighted by molar-refractivity contribution is 9.10. The largest absolute Gasteiger partial charge is 0.310 e. The highest BCUT2D eigenvalue weighted by atomic mass is 79.9. The minimum absolute atomic E-state index is 0.380. The van der Waals surface area contributed by atoms with Gasteiger partial charge in [-0.05, 0) is 56.8 Å². The first-order valence-corrected chi connectivity index (χ1v) is 8.14. The predicted octanol–water partition coefficient (Wildman–Crippen LogP) is 5.30. The zero-order chi connectivity index (χ0) is 13.7. The Morgan fingerprint density at radius 2 is 1.95 bits per heavy atom. The Labute approximate surface area is 125 Å². The Balaban J connectivity index is 2.24. The molecule has 104 valence electrons. The Hall–Kier alpha value is -0.600. The summed E-state index contributed by atoms with van der Waals surface area (Å²) in [6, 6.07) is 7.08. The summed E-state index contributed by atoms with van der Waals surface area (Å²) in [4.78, 5) is 0. The first-order chi connectivity index (χ1) is 9.22. The number of benzene rings is 1. The van der Waals surface area contributed by atoms with E-state index in [1.54, 1.807) is 5.57 Å². The Morgan fingerprint density at radius 1 is 1.16 bits per heavy atom. The Kier molecular flexibility index (Phi) is 5.65. The van der Waals surface area contributed by atoms with Crippen molar-refractivity contribution in [2.75, 3.05) is 7.05 Å². The van der Waals surface area contributed by atoms with Crippen LogP contribution in [0.1, 0.15) is 55.7 Å². The van der Waals surface area contributed by atoms with Crippen molar-refractivity contribution in [1.29, 1.82) is 0 Å². The monoisotopic (exact) mass is 321 g/mol. The average molecular weight is 322 g/mol. The standard InChI is InChI=1S/C17H24BrN/c1-13-12-15(10-11-16(13)18)17(19-2)14-8-6-4-3-5-7-9-14/h8,10-12,17,19H,3-7,9H2,1-2H3/b14-8+. The van der Waals surface area contributed by atoms with Gasteiger partial charge in [-0.25, -0.2) is 0 Å². The lowest BCUT2D eigenvalue weighted by Crippen LogP contribution is -2.19.